The van der Waals surface area contributed by atoms with Gasteiger partial charge in [-0.3, -0.25) is 4.79 Å². The van der Waals surface area contributed by atoms with E-state index in [0.717, 1.165) is 20.1 Å². The van der Waals surface area contributed by atoms with Crippen molar-refractivity contribution in [2.24, 2.45) is 0 Å². The Kier molecular flexibility index (Phi) is 4.06. The maximum atomic E-state index is 13.6. The van der Waals surface area contributed by atoms with Crippen molar-refractivity contribution in [3.05, 3.63) is 21.9 Å². The fourth-order valence-corrected chi connectivity index (χ4v) is 1.53. The van der Waals surface area contributed by atoms with Gasteiger partial charge in [0.2, 0.25) is 0 Å². The number of ether oxygens (including phenoxy) is 2. The highest BCUT2D eigenvalue weighted by Gasteiger charge is 2.21. The van der Waals surface area contributed by atoms with Gasteiger partial charge in [0.05, 0.1) is 22.8 Å². The van der Waals surface area contributed by atoms with Crippen molar-refractivity contribution in [1.29, 1.82) is 0 Å². The highest BCUT2D eigenvalue weighted by atomic mass is 79.9. The minimum atomic E-state index is -0.885. The van der Waals surface area contributed by atoms with Crippen LogP contribution in [0.2, 0.25) is 0 Å². The van der Waals surface area contributed by atoms with Crippen LogP contribution in [0.25, 0.3) is 0 Å². The molecule has 0 amide bonds. The van der Waals surface area contributed by atoms with Crippen LogP contribution in [0.3, 0.4) is 0 Å². The smallest absolute Gasteiger partial charge is 0.340 e. The van der Waals surface area contributed by atoms with Gasteiger partial charge in [0, 0.05) is 6.92 Å². The van der Waals surface area contributed by atoms with Gasteiger partial charge in [-0.05, 0) is 22.0 Å². The Bertz CT molecular complexity index is 490. The molecule has 2 N–H and O–H groups in total. The van der Waals surface area contributed by atoms with Crippen LogP contribution in [0, 0.1) is 5.82 Å². The molecule has 0 saturated carbocycles. The molecule has 0 aliphatic rings. The first kappa shape index (κ1) is 13.4. The topological polar surface area (TPSA) is 78.6 Å². The minimum Gasteiger partial charge on any atom is -0.465 e. The quantitative estimate of drug-likeness (QED) is 0.513. The van der Waals surface area contributed by atoms with E-state index in [0.29, 0.717) is 0 Å². The molecule has 1 rings (SSSR count). The van der Waals surface area contributed by atoms with E-state index in [1.54, 1.807) is 0 Å². The monoisotopic (exact) mass is 305 g/mol. The Morgan fingerprint density at radius 3 is 2.53 bits per heavy atom. The molecule has 17 heavy (non-hydrogen) atoms. The Morgan fingerprint density at radius 1 is 1.47 bits per heavy atom. The minimum absolute atomic E-state index is 0.127. The lowest BCUT2D eigenvalue weighted by atomic mass is 10.1. The number of hydrogen-bond acceptors (Lipinski definition) is 5. The summed E-state index contributed by atoms with van der Waals surface area (Å²) in [5, 5.41) is 0. The van der Waals surface area contributed by atoms with E-state index in [2.05, 4.69) is 20.7 Å². The zero-order valence-corrected chi connectivity index (χ0v) is 10.6. The lowest BCUT2D eigenvalue weighted by molar-refractivity contribution is -0.131. The largest absolute Gasteiger partial charge is 0.465 e. The zero-order valence-electron chi connectivity index (χ0n) is 9.04. The van der Waals surface area contributed by atoms with Gasteiger partial charge in [-0.25, -0.2) is 9.18 Å². The molecule has 5 nitrogen and oxygen atoms in total. The van der Waals surface area contributed by atoms with Gasteiger partial charge < -0.3 is 15.2 Å². The predicted octanol–water partition coefficient (Wildman–Crippen LogP) is 1.88. The predicted molar refractivity (Wildman–Crippen MR) is 61.2 cm³/mol. The number of hydrogen-bond donors (Lipinski definition) is 1. The molecule has 0 spiro atoms. The molecule has 0 aromatic heterocycles. The van der Waals surface area contributed by atoms with Gasteiger partial charge in [-0.1, -0.05) is 0 Å². The highest BCUT2D eigenvalue weighted by Crippen LogP contribution is 2.34. The van der Waals surface area contributed by atoms with E-state index in [1.807, 2.05) is 0 Å². The Hall–Kier alpha value is -1.63. The van der Waals surface area contributed by atoms with Gasteiger partial charge >= 0.3 is 11.9 Å². The first-order chi connectivity index (χ1) is 7.88. The summed E-state index contributed by atoms with van der Waals surface area (Å²) in [7, 11) is 1.13. The van der Waals surface area contributed by atoms with Crippen LogP contribution in [-0.4, -0.2) is 19.0 Å². The normalized spacial score (nSPS) is 9.88. The van der Waals surface area contributed by atoms with Crippen molar-refractivity contribution in [3.63, 3.8) is 0 Å². The number of methoxy groups -OCH3 is 1. The first-order valence-electron chi connectivity index (χ1n) is 4.42. The SMILES string of the molecule is COC(=O)c1cc(OC(C)=O)c(Br)c(F)c1N. The molecular weight excluding hydrogens is 297 g/mol. The van der Waals surface area contributed by atoms with Crippen LogP contribution in [-0.2, 0) is 9.53 Å². The van der Waals surface area contributed by atoms with E-state index in [9.17, 15) is 14.0 Å². The number of carbonyl (C=O) groups excluding carboxylic acids is 2. The van der Waals surface area contributed by atoms with E-state index >= 15 is 0 Å². The third-order valence-corrected chi connectivity index (χ3v) is 2.61. The summed E-state index contributed by atoms with van der Waals surface area (Å²) in [5.41, 5.74) is 4.83. The summed E-state index contributed by atoms with van der Waals surface area (Å²) >= 11 is 2.88. The van der Waals surface area contributed by atoms with Crippen LogP contribution in [0.4, 0.5) is 10.1 Å². The van der Waals surface area contributed by atoms with Gasteiger partial charge in [0.1, 0.15) is 5.75 Å². The van der Waals surface area contributed by atoms with Gasteiger partial charge in [0.15, 0.2) is 5.82 Å². The highest BCUT2D eigenvalue weighted by molar-refractivity contribution is 9.10. The maximum absolute atomic E-state index is 13.6. The molecule has 0 saturated heterocycles. The average Bonchev–Trinajstić information content (AvgIpc) is 2.28. The first-order valence-corrected chi connectivity index (χ1v) is 5.22. The van der Waals surface area contributed by atoms with Crippen molar-refractivity contribution < 1.29 is 23.5 Å². The number of benzene rings is 1. The summed E-state index contributed by atoms with van der Waals surface area (Å²) in [6, 6.07) is 1.13. The third kappa shape index (κ3) is 2.73. The summed E-state index contributed by atoms with van der Waals surface area (Å²) < 4.78 is 22.7. The van der Waals surface area contributed by atoms with Crippen LogP contribution in [0.1, 0.15) is 17.3 Å². The second-order valence-corrected chi connectivity index (χ2v) is 3.84. The van der Waals surface area contributed by atoms with Crippen molar-refractivity contribution >= 4 is 33.6 Å². The number of rotatable bonds is 2. The number of nitrogens with two attached hydrogens (primary N) is 1. The Balaban J connectivity index is 3.38. The molecular formula is C10H9BrFNO4. The summed E-state index contributed by atoms with van der Waals surface area (Å²) in [6.45, 7) is 1.15. The van der Waals surface area contributed by atoms with Crippen LogP contribution >= 0.6 is 15.9 Å². The Labute approximate surface area is 105 Å². The molecule has 0 heterocycles. The van der Waals surface area contributed by atoms with Crippen molar-refractivity contribution in [2.45, 2.75) is 6.92 Å². The van der Waals surface area contributed by atoms with Crippen molar-refractivity contribution in [3.8, 4) is 5.75 Å². The van der Waals surface area contributed by atoms with Crippen molar-refractivity contribution in [1.82, 2.24) is 0 Å². The van der Waals surface area contributed by atoms with Crippen LogP contribution in [0.15, 0.2) is 10.5 Å². The van der Waals surface area contributed by atoms with E-state index in [-0.39, 0.29) is 21.5 Å². The number of halogens is 2. The molecule has 0 bridgehead atoms. The fourth-order valence-electron chi connectivity index (χ4n) is 1.12. The van der Waals surface area contributed by atoms with Gasteiger partial charge in [0.25, 0.3) is 0 Å². The summed E-state index contributed by atoms with van der Waals surface area (Å²) in [5.74, 6) is -2.48. The third-order valence-electron chi connectivity index (χ3n) is 1.87. The number of esters is 2. The molecule has 1 aromatic rings. The fraction of sp³-hybridized carbons (Fsp3) is 0.200. The molecule has 0 radical (unpaired) electrons. The maximum Gasteiger partial charge on any atom is 0.340 e. The number of carbonyl (C=O) groups is 2. The lowest BCUT2D eigenvalue weighted by Crippen LogP contribution is -2.10. The second-order valence-electron chi connectivity index (χ2n) is 3.05. The molecule has 0 atom stereocenters. The van der Waals surface area contributed by atoms with E-state index in [1.165, 1.54) is 0 Å². The molecule has 0 unspecified atom stereocenters. The summed E-state index contributed by atoms with van der Waals surface area (Å²) in [6.07, 6.45) is 0. The van der Waals surface area contributed by atoms with Crippen LogP contribution < -0.4 is 10.5 Å². The Morgan fingerprint density at radius 2 is 2.06 bits per heavy atom. The number of anilines is 1. The summed E-state index contributed by atoms with van der Waals surface area (Å²) in [4.78, 5) is 22.1. The van der Waals surface area contributed by atoms with Gasteiger partial charge in [-0.2, -0.15) is 0 Å². The standard InChI is InChI=1S/C10H9BrFNO4/c1-4(14)17-6-3-5(10(15)16-2)9(13)8(12)7(6)11/h3H,13H2,1-2H3. The zero-order chi connectivity index (χ0) is 13.2. The van der Waals surface area contributed by atoms with E-state index < -0.39 is 17.8 Å². The van der Waals surface area contributed by atoms with Crippen molar-refractivity contribution in [2.75, 3.05) is 12.8 Å². The number of nitrogen functional groups attached to an aromatic ring is 1. The van der Waals surface area contributed by atoms with Crippen LogP contribution in [0.5, 0.6) is 5.75 Å². The lowest BCUT2D eigenvalue weighted by Gasteiger charge is -2.10. The van der Waals surface area contributed by atoms with E-state index in [4.69, 9.17) is 10.5 Å². The average molecular weight is 306 g/mol. The molecule has 1 aromatic carbocycles. The molecule has 92 valence electrons. The molecule has 0 aliphatic carbocycles. The second kappa shape index (κ2) is 5.13. The molecule has 0 aliphatic heterocycles. The molecule has 7 heteroatoms. The van der Waals surface area contributed by atoms with Gasteiger partial charge in [-0.15, -0.1) is 0 Å². The molecule has 0 fully saturated rings.